The standard InChI is InChI=1S/C22H25NO3/c1-22(2)13-18(23-10-11-24)21(20(26)14-22)19(25)12-16-8-5-7-15-6-3-4-9-17(15)16/h3-9,24-25H,10-14H2,1-2H3/b21-19+,23-18?. The number of benzene rings is 2. The highest BCUT2D eigenvalue weighted by atomic mass is 16.3. The van der Waals surface area contributed by atoms with Crippen molar-refractivity contribution in [3.8, 4) is 0 Å². The Morgan fingerprint density at radius 1 is 1.12 bits per heavy atom. The van der Waals surface area contributed by atoms with Gasteiger partial charge >= 0.3 is 0 Å². The van der Waals surface area contributed by atoms with E-state index in [2.05, 4.69) is 4.99 Å². The van der Waals surface area contributed by atoms with Crippen molar-refractivity contribution >= 4 is 22.3 Å². The van der Waals surface area contributed by atoms with Gasteiger partial charge in [-0.05, 0) is 28.2 Å². The van der Waals surface area contributed by atoms with Crippen LogP contribution in [0.2, 0.25) is 0 Å². The highest BCUT2D eigenvalue weighted by Gasteiger charge is 2.36. The summed E-state index contributed by atoms with van der Waals surface area (Å²) in [4.78, 5) is 17.1. The highest BCUT2D eigenvalue weighted by molar-refractivity contribution is 6.24. The molecule has 2 aromatic carbocycles. The molecule has 1 fully saturated rings. The molecule has 4 heteroatoms. The zero-order valence-corrected chi connectivity index (χ0v) is 15.3. The fraction of sp³-hybridized carbons (Fsp3) is 0.364. The average molecular weight is 351 g/mol. The SMILES string of the molecule is CC1(C)CC(=O)/C(=C(/O)Cc2cccc3ccccc23)C(=NCCO)C1. The lowest BCUT2D eigenvalue weighted by Gasteiger charge is -2.31. The number of carbonyl (C=O) groups is 1. The molecule has 0 aliphatic heterocycles. The van der Waals surface area contributed by atoms with Gasteiger partial charge in [-0.2, -0.15) is 0 Å². The Balaban J connectivity index is 2.02. The predicted octanol–water partition coefficient (Wildman–Crippen LogP) is 4.02. The number of nitrogens with zero attached hydrogens (tertiary/aromatic N) is 1. The molecular formula is C22H25NO3. The summed E-state index contributed by atoms with van der Waals surface area (Å²) in [6, 6.07) is 14.0. The number of aliphatic imine (C=N–C) groups is 1. The molecule has 26 heavy (non-hydrogen) atoms. The fourth-order valence-electron chi connectivity index (χ4n) is 3.65. The molecule has 136 valence electrons. The first-order valence-corrected chi connectivity index (χ1v) is 8.98. The van der Waals surface area contributed by atoms with E-state index in [0.29, 0.717) is 30.5 Å². The molecule has 0 bridgehead atoms. The third-order valence-electron chi connectivity index (χ3n) is 4.78. The van der Waals surface area contributed by atoms with Gasteiger partial charge in [-0.1, -0.05) is 56.3 Å². The molecule has 4 nitrogen and oxygen atoms in total. The molecule has 0 unspecified atom stereocenters. The van der Waals surface area contributed by atoms with Crippen molar-refractivity contribution in [2.24, 2.45) is 10.4 Å². The fourth-order valence-corrected chi connectivity index (χ4v) is 3.65. The molecule has 1 aliphatic rings. The van der Waals surface area contributed by atoms with Crippen LogP contribution in [0.25, 0.3) is 10.8 Å². The van der Waals surface area contributed by atoms with Gasteiger partial charge in [0.2, 0.25) is 0 Å². The van der Waals surface area contributed by atoms with Gasteiger partial charge in [0.15, 0.2) is 5.78 Å². The smallest absolute Gasteiger partial charge is 0.168 e. The van der Waals surface area contributed by atoms with Crippen LogP contribution in [0.15, 0.2) is 58.8 Å². The summed E-state index contributed by atoms with van der Waals surface area (Å²) in [6.07, 6.45) is 1.30. The van der Waals surface area contributed by atoms with Crippen LogP contribution in [-0.2, 0) is 11.2 Å². The number of Topliss-reactive ketones (excluding diaryl/α,β-unsaturated/α-hetero) is 1. The molecule has 0 saturated heterocycles. The van der Waals surface area contributed by atoms with E-state index in [0.717, 1.165) is 16.3 Å². The molecule has 0 atom stereocenters. The number of hydrogen-bond acceptors (Lipinski definition) is 4. The minimum atomic E-state index is -0.186. The number of aliphatic hydroxyl groups excluding tert-OH is 2. The van der Waals surface area contributed by atoms with E-state index in [1.165, 1.54) is 0 Å². The van der Waals surface area contributed by atoms with Crippen molar-refractivity contribution in [2.75, 3.05) is 13.2 Å². The van der Waals surface area contributed by atoms with E-state index in [4.69, 9.17) is 5.11 Å². The molecular weight excluding hydrogens is 326 g/mol. The lowest BCUT2D eigenvalue weighted by atomic mass is 9.73. The number of aliphatic hydroxyl groups is 2. The van der Waals surface area contributed by atoms with E-state index in [1.807, 2.05) is 56.3 Å². The van der Waals surface area contributed by atoms with Crippen LogP contribution in [0.4, 0.5) is 0 Å². The Hall–Kier alpha value is -2.46. The lowest BCUT2D eigenvalue weighted by Crippen LogP contribution is -2.33. The molecule has 0 radical (unpaired) electrons. The van der Waals surface area contributed by atoms with Gasteiger partial charge in [-0.25, -0.2) is 0 Å². The van der Waals surface area contributed by atoms with Gasteiger partial charge in [-0.15, -0.1) is 0 Å². The molecule has 0 spiro atoms. The normalized spacial score (nSPS) is 20.6. The van der Waals surface area contributed by atoms with Crippen molar-refractivity contribution in [3.63, 3.8) is 0 Å². The Labute approximate surface area is 153 Å². The van der Waals surface area contributed by atoms with Crippen molar-refractivity contribution in [1.82, 2.24) is 0 Å². The van der Waals surface area contributed by atoms with Crippen LogP contribution in [0.3, 0.4) is 0 Å². The second-order valence-corrected chi connectivity index (χ2v) is 7.63. The first-order valence-electron chi connectivity index (χ1n) is 8.98. The molecule has 2 aromatic rings. The Bertz CT molecular complexity index is 888. The van der Waals surface area contributed by atoms with Crippen LogP contribution < -0.4 is 0 Å². The number of ketones is 1. The molecule has 3 rings (SSSR count). The van der Waals surface area contributed by atoms with Crippen molar-refractivity contribution < 1.29 is 15.0 Å². The van der Waals surface area contributed by atoms with Gasteiger partial charge in [0, 0.05) is 18.6 Å². The van der Waals surface area contributed by atoms with Crippen molar-refractivity contribution in [2.45, 2.75) is 33.1 Å². The number of rotatable bonds is 4. The first kappa shape index (κ1) is 18.3. The minimum absolute atomic E-state index is 0.0681. The molecule has 0 amide bonds. The van der Waals surface area contributed by atoms with E-state index in [1.54, 1.807) is 0 Å². The largest absolute Gasteiger partial charge is 0.511 e. The van der Waals surface area contributed by atoms with Gasteiger partial charge < -0.3 is 10.2 Å². The minimum Gasteiger partial charge on any atom is -0.511 e. The van der Waals surface area contributed by atoms with E-state index < -0.39 is 0 Å². The maximum absolute atomic E-state index is 12.7. The Kier molecular flexibility index (Phi) is 5.23. The van der Waals surface area contributed by atoms with Gasteiger partial charge in [0.05, 0.1) is 18.7 Å². The van der Waals surface area contributed by atoms with E-state index in [9.17, 15) is 9.90 Å². The maximum Gasteiger partial charge on any atom is 0.168 e. The quantitative estimate of drug-likeness (QED) is 0.646. The molecule has 2 N–H and O–H groups in total. The summed E-state index contributed by atoms with van der Waals surface area (Å²) in [5, 5.41) is 22.1. The second-order valence-electron chi connectivity index (χ2n) is 7.63. The Morgan fingerprint density at radius 2 is 1.85 bits per heavy atom. The van der Waals surface area contributed by atoms with Crippen LogP contribution in [0.5, 0.6) is 0 Å². The third-order valence-corrected chi connectivity index (χ3v) is 4.78. The highest BCUT2D eigenvalue weighted by Crippen LogP contribution is 2.36. The molecule has 0 aromatic heterocycles. The number of hydrogen-bond donors (Lipinski definition) is 2. The van der Waals surface area contributed by atoms with Gasteiger partial charge in [0.25, 0.3) is 0 Å². The lowest BCUT2D eigenvalue weighted by molar-refractivity contribution is -0.117. The second kappa shape index (κ2) is 7.42. The summed E-state index contributed by atoms with van der Waals surface area (Å²) in [5.41, 5.74) is 1.74. The summed E-state index contributed by atoms with van der Waals surface area (Å²) in [5.74, 6) is -0.00535. The number of carbonyl (C=O) groups excluding carboxylic acids is 1. The molecule has 1 saturated carbocycles. The average Bonchev–Trinajstić information content (AvgIpc) is 2.58. The predicted molar refractivity (Wildman–Crippen MR) is 105 cm³/mol. The third kappa shape index (κ3) is 3.86. The summed E-state index contributed by atoms with van der Waals surface area (Å²) >= 11 is 0. The summed E-state index contributed by atoms with van der Waals surface area (Å²) in [6.45, 7) is 4.22. The molecule has 0 heterocycles. The summed E-state index contributed by atoms with van der Waals surface area (Å²) in [7, 11) is 0. The van der Waals surface area contributed by atoms with Crippen molar-refractivity contribution in [3.05, 3.63) is 59.4 Å². The monoisotopic (exact) mass is 351 g/mol. The van der Waals surface area contributed by atoms with Crippen LogP contribution in [0, 0.1) is 5.41 Å². The van der Waals surface area contributed by atoms with Gasteiger partial charge in [-0.3, -0.25) is 9.79 Å². The van der Waals surface area contributed by atoms with Crippen LogP contribution >= 0.6 is 0 Å². The Morgan fingerprint density at radius 3 is 2.62 bits per heavy atom. The molecule has 1 aliphatic carbocycles. The first-order chi connectivity index (χ1) is 12.4. The number of allylic oxidation sites excluding steroid dienone is 2. The van der Waals surface area contributed by atoms with Crippen LogP contribution in [0.1, 0.15) is 32.3 Å². The zero-order valence-electron chi connectivity index (χ0n) is 15.3. The topological polar surface area (TPSA) is 69.9 Å². The zero-order chi connectivity index (χ0) is 18.7. The van der Waals surface area contributed by atoms with E-state index in [-0.39, 0.29) is 30.1 Å². The summed E-state index contributed by atoms with van der Waals surface area (Å²) < 4.78 is 0. The maximum atomic E-state index is 12.7. The van der Waals surface area contributed by atoms with E-state index >= 15 is 0 Å². The van der Waals surface area contributed by atoms with Gasteiger partial charge in [0.1, 0.15) is 5.76 Å². The van der Waals surface area contributed by atoms with Crippen LogP contribution in [-0.4, -0.2) is 34.9 Å². The van der Waals surface area contributed by atoms with Crippen molar-refractivity contribution in [1.29, 1.82) is 0 Å². The number of fused-ring (bicyclic) bond motifs is 1.